The number of hydrogen-bond acceptors (Lipinski definition) is 3. The van der Waals surface area contributed by atoms with Gasteiger partial charge in [0.15, 0.2) is 0 Å². The van der Waals surface area contributed by atoms with E-state index in [9.17, 15) is 4.79 Å². The molecule has 0 aromatic carbocycles. The third-order valence-electron chi connectivity index (χ3n) is 3.33. The van der Waals surface area contributed by atoms with Gasteiger partial charge in [-0.25, -0.2) is 0 Å². The van der Waals surface area contributed by atoms with Crippen molar-refractivity contribution in [1.82, 2.24) is 4.90 Å². The maximum absolute atomic E-state index is 12.2. The Kier molecular flexibility index (Phi) is 2.75. The Morgan fingerprint density at radius 1 is 1.64 bits per heavy atom. The fourth-order valence-electron chi connectivity index (χ4n) is 1.99. The van der Waals surface area contributed by atoms with Crippen LogP contribution in [0.5, 0.6) is 0 Å². The molecule has 14 heavy (non-hydrogen) atoms. The number of nitrogens with two attached hydrogens (primary N) is 1. The van der Waals surface area contributed by atoms with Crippen molar-refractivity contribution in [2.45, 2.75) is 25.8 Å². The van der Waals surface area contributed by atoms with Gasteiger partial charge in [0.1, 0.15) is 0 Å². The van der Waals surface area contributed by atoms with E-state index in [0.29, 0.717) is 18.5 Å². The molecule has 2 aliphatic rings. The Labute approximate surface area is 89.4 Å². The second-order valence-electron chi connectivity index (χ2n) is 4.41. The van der Waals surface area contributed by atoms with E-state index in [4.69, 9.17) is 5.73 Å². The summed E-state index contributed by atoms with van der Waals surface area (Å²) in [6, 6.07) is 0.394. The zero-order valence-electron chi connectivity index (χ0n) is 8.66. The molecule has 1 aliphatic carbocycles. The lowest BCUT2D eigenvalue weighted by Gasteiger charge is -2.35. The zero-order valence-corrected chi connectivity index (χ0v) is 9.48. The molecule has 1 aliphatic heterocycles. The Balaban J connectivity index is 2.03. The Hall–Kier alpha value is -0.220. The van der Waals surface area contributed by atoms with Crippen LogP contribution in [0, 0.1) is 5.41 Å². The molecule has 1 unspecified atom stereocenters. The molecule has 0 bridgehead atoms. The van der Waals surface area contributed by atoms with Gasteiger partial charge < -0.3 is 10.6 Å². The largest absolute Gasteiger partial charge is 0.338 e. The summed E-state index contributed by atoms with van der Waals surface area (Å²) in [6.07, 6.45) is 2.00. The van der Waals surface area contributed by atoms with E-state index in [-0.39, 0.29) is 5.41 Å². The summed E-state index contributed by atoms with van der Waals surface area (Å²) < 4.78 is 0. The molecule has 0 aromatic heterocycles. The van der Waals surface area contributed by atoms with Crippen molar-refractivity contribution in [2.75, 3.05) is 24.6 Å². The highest BCUT2D eigenvalue weighted by Crippen LogP contribution is 2.46. The Bertz CT molecular complexity index is 240. The molecule has 2 rings (SSSR count). The molecule has 1 amide bonds. The number of carbonyl (C=O) groups is 1. The highest BCUT2D eigenvalue weighted by molar-refractivity contribution is 7.99. The smallest absolute Gasteiger partial charge is 0.230 e. The predicted octanol–water partition coefficient (Wildman–Crippen LogP) is 0.689. The first-order chi connectivity index (χ1) is 6.69. The van der Waals surface area contributed by atoms with Gasteiger partial charge in [0.25, 0.3) is 0 Å². The molecule has 0 radical (unpaired) electrons. The molecule has 4 heteroatoms. The van der Waals surface area contributed by atoms with Crippen LogP contribution in [0.15, 0.2) is 0 Å². The van der Waals surface area contributed by atoms with Crippen LogP contribution in [0.4, 0.5) is 0 Å². The predicted molar refractivity (Wildman–Crippen MR) is 59.2 cm³/mol. The van der Waals surface area contributed by atoms with Gasteiger partial charge in [-0.3, -0.25) is 4.79 Å². The second-order valence-corrected chi connectivity index (χ2v) is 5.56. The molecule has 1 heterocycles. The lowest BCUT2D eigenvalue weighted by atomic mass is 10.0. The van der Waals surface area contributed by atoms with Crippen LogP contribution in [-0.4, -0.2) is 41.4 Å². The van der Waals surface area contributed by atoms with E-state index >= 15 is 0 Å². The summed E-state index contributed by atoms with van der Waals surface area (Å²) in [7, 11) is 0. The quantitative estimate of drug-likeness (QED) is 0.735. The van der Waals surface area contributed by atoms with Crippen LogP contribution < -0.4 is 5.73 Å². The van der Waals surface area contributed by atoms with Crippen molar-refractivity contribution in [3.63, 3.8) is 0 Å². The number of amides is 1. The van der Waals surface area contributed by atoms with Crippen LogP contribution >= 0.6 is 11.8 Å². The van der Waals surface area contributed by atoms with Crippen LogP contribution in [-0.2, 0) is 4.79 Å². The zero-order chi connectivity index (χ0) is 10.2. The average molecular weight is 214 g/mol. The third kappa shape index (κ3) is 1.65. The lowest BCUT2D eigenvalue weighted by molar-refractivity contribution is -0.138. The standard InChI is InChI=1S/C10H18N2OS/c1-8-6-14-5-4-12(8)9(13)10(7-11)2-3-10/h8H,2-7,11H2,1H3. The fourth-order valence-corrected chi connectivity index (χ4v) is 3.00. The van der Waals surface area contributed by atoms with E-state index < -0.39 is 0 Å². The van der Waals surface area contributed by atoms with E-state index in [0.717, 1.165) is 30.9 Å². The van der Waals surface area contributed by atoms with Crippen molar-refractivity contribution in [3.8, 4) is 0 Å². The van der Waals surface area contributed by atoms with E-state index in [1.165, 1.54) is 0 Å². The fraction of sp³-hybridized carbons (Fsp3) is 0.900. The molecular formula is C10H18N2OS. The van der Waals surface area contributed by atoms with Crippen molar-refractivity contribution in [2.24, 2.45) is 11.1 Å². The normalized spacial score (nSPS) is 30.1. The van der Waals surface area contributed by atoms with E-state index in [1.807, 2.05) is 16.7 Å². The second kappa shape index (κ2) is 3.74. The Morgan fingerprint density at radius 2 is 2.36 bits per heavy atom. The van der Waals surface area contributed by atoms with Crippen molar-refractivity contribution < 1.29 is 4.79 Å². The van der Waals surface area contributed by atoms with Crippen LogP contribution in [0.25, 0.3) is 0 Å². The first kappa shape index (κ1) is 10.3. The minimum Gasteiger partial charge on any atom is -0.338 e. The summed E-state index contributed by atoms with van der Waals surface area (Å²) in [6.45, 7) is 3.57. The molecule has 3 nitrogen and oxygen atoms in total. The van der Waals surface area contributed by atoms with Gasteiger partial charge in [-0.15, -0.1) is 0 Å². The van der Waals surface area contributed by atoms with Crippen molar-refractivity contribution in [1.29, 1.82) is 0 Å². The number of rotatable bonds is 2. The highest BCUT2D eigenvalue weighted by atomic mass is 32.2. The molecule has 2 N–H and O–H groups in total. The summed E-state index contributed by atoms with van der Waals surface area (Å²) in [5, 5.41) is 0. The van der Waals surface area contributed by atoms with Crippen molar-refractivity contribution >= 4 is 17.7 Å². The molecule has 0 spiro atoms. The molecule has 80 valence electrons. The molecule has 0 aromatic rings. The summed E-state index contributed by atoms with van der Waals surface area (Å²) in [5.41, 5.74) is 5.51. The SMILES string of the molecule is CC1CSCCN1C(=O)C1(CN)CC1. The maximum Gasteiger partial charge on any atom is 0.230 e. The number of thioether (sulfide) groups is 1. The van der Waals surface area contributed by atoms with Crippen LogP contribution in [0.1, 0.15) is 19.8 Å². The third-order valence-corrected chi connectivity index (χ3v) is 4.52. The van der Waals surface area contributed by atoms with Gasteiger partial charge in [0, 0.05) is 30.6 Å². The molecule has 1 saturated carbocycles. The van der Waals surface area contributed by atoms with Gasteiger partial charge in [-0.1, -0.05) is 0 Å². The molecular weight excluding hydrogens is 196 g/mol. The van der Waals surface area contributed by atoms with Crippen LogP contribution in [0.3, 0.4) is 0 Å². The topological polar surface area (TPSA) is 46.3 Å². The minimum absolute atomic E-state index is 0.156. The van der Waals surface area contributed by atoms with Gasteiger partial charge in [0.2, 0.25) is 5.91 Å². The first-order valence-electron chi connectivity index (χ1n) is 5.28. The summed E-state index contributed by atoms with van der Waals surface area (Å²) in [4.78, 5) is 14.2. The maximum atomic E-state index is 12.2. The van der Waals surface area contributed by atoms with E-state index in [1.54, 1.807) is 0 Å². The van der Waals surface area contributed by atoms with Gasteiger partial charge in [-0.05, 0) is 19.8 Å². The van der Waals surface area contributed by atoms with Crippen LogP contribution in [0.2, 0.25) is 0 Å². The Morgan fingerprint density at radius 3 is 2.86 bits per heavy atom. The van der Waals surface area contributed by atoms with E-state index in [2.05, 4.69) is 6.92 Å². The lowest BCUT2D eigenvalue weighted by Crippen LogP contribution is -2.49. The first-order valence-corrected chi connectivity index (χ1v) is 6.44. The molecule has 1 atom stereocenters. The molecule has 1 saturated heterocycles. The monoisotopic (exact) mass is 214 g/mol. The van der Waals surface area contributed by atoms with Gasteiger partial charge >= 0.3 is 0 Å². The average Bonchev–Trinajstić information content (AvgIpc) is 2.98. The number of carbonyl (C=O) groups excluding carboxylic acids is 1. The van der Waals surface area contributed by atoms with Gasteiger partial charge in [-0.2, -0.15) is 11.8 Å². The summed E-state index contributed by atoms with van der Waals surface area (Å²) >= 11 is 1.94. The summed E-state index contributed by atoms with van der Waals surface area (Å²) in [5.74, 6) is 2.47. The number of hydrogen-bond donors (Lipinski definition) is 1. The van der Waals surface area contributed by atoms with Crippen molar-refractivity contribution in [3.05, 3.63) is 0 Å². The molecule has 2 fully saturated rings. The van der Waals surface area contributed by atoms with Gasteiger partial charge in [0.05, 0.1) is 5.41 Å². The minimum atomic E-state index is -0.156. The number of nitrogens with zero attached hydrogens (tertiary/aromatic N) is 1. The highest BCUT2D eigenvalue weighted by Gasteiger charge is 2.51.